The van der Waals surface area contributed by atoms with Gasteiger partial charge < -0.3 is 16.0 Å². The van der Waals surface area contributed by atoms with Crippen LogP contribution in [-0.4, -0.2) is 66.4 Å². The highest BCUT2D eigenvalue weighted by atomic mass is 16.2. The molecule has 21 heavy (non-hydrogen) atoms. The Morgan fingerprint density at radius 2 is 2.00 bits per heavy atom. The van der Waals surface area contributed by atoms with Gasteiger partial charge in [0.1, 0.15) is 0 Å². The van der Waals surface area contributed by atoms with Crippen LogP contribution in [0.25, 0.3) is 0 Å². The third-order valence-corrected chi connectivity index (χ3v) is 3.43. The van der Waals surface area contributed by atoms with E-state index >= 15 is 0 Å². The fourth-order valence-electron chi connectivity index (χ4n) is 2.16. The van der Waals surface area contributed by atoms with Crippen molar-refractivity contribution in [1.29, 1.82) is 0 Å². The predicted octanol–water partition coefficient (Wildman–Crippen LogP) is -0.602. The highest BCUT2D eigenvalue weighted by molar-refractivity contribution is 5.85. The van der Waals surface area contributed by atoms with Gasteiger partial charge in [-0.3, -0.25) is 14.5 Å². The molecule has 2 amide bonds. The number of hydrogen-bond donors (Lipinski definition) is 2. The monoisotopic (exact) mass is 294 g/mol. The fourth-order valence-corrected chi connectivity index (χ4v) is 2.16. The number of nitrogens with one attached hydrogen (secondary N) is 1. The van der Waals surface area contributed by atoms with Gasteiger partial charge in [0.15, 0.2) is 0 Å². The average Bonchev–Trinajstić information content (AvgIpc) is 2.91. The maximum absolute atomic E-state index is 12.1. The largest absolute Gasteiger partial charge is 0.353 e. The first kappa shape index (κ1) is 17.5. The van der Waals surface area contributed by atoms with Crippen molar-refractivity contribution in [3.63, 3.8) is 0 Å². The molecule has 3 N–H and O–H groups in total. The van der Waals surface area contributed by atoms with E-state index in [-0.39, 0.29) is 11.8 Å². The van der Waals surface area contributed by atoms with E-state index in [1.54, 1.807) is 13.8 Å². The fraction of sp³-hybridized carbons (Fsp3) is 0.733. The summed E-state index contributed by atoms with van der Waals surface area (Å²) in [5.74, 6) is 2.44. The van der Waals surface area contributed by atoms with Crippen LogP contribution in [0.2, 0.25) is 0 Å². The number of amides is 2. The number of rotatable bonds is 7. The number of terminal acetylenes is 1. The lowest BCUT2D eigenvalue weighted by Crippen LogP contribution is -2.51. The van der Waals surface area contributed by atoms with Crippen LogP contribution in [0.5, 0.6) is 0 Å². The summed E-state index contributed by atoms with van der Waals surface area (Å²) >= 11 is 0. The number of carbonyl (C=O) groups is 2. The van der Waals surface area contributed by atoms with E-state index in [4.69, 9.17) is 12.2 Å². The first-order chi connectivity index (χ1) is 9.84. The Kier molecular flexibility index (Phi) is 6.66. The van der Waals surface area contributed by atoms with Gasteiger partial charge in [-0.15, -0.1) is 6.42 Å². The second-order valence-corrected chi connectivity index (χ2v) is 5.98. The summed E-state index contributed by atoms with van der Waals surface area (Å²) in [7, 11) is 0. The van der Waals surface area contributed by atoms with E-state index in [1.165, 1.54) is 0 Å². The maximum Gasteiger partial charge on any atom is 0.239 e. The number of likely N-dealkylation sites (tertiary alicyclic amines) is 1. The van der Waals surface area contributed by atoms with E-state index in [9.17, 15) is 9.59 Å². The zero-order valence-corrected chi connectivity index (χ0v) is 13.0. The number of carbonyl (C=O) groups excluding carboxylic acids is 2. The van der Waals surface area contributed by atoms with Gasteiger partial charge in [0.2, 0.25) is 11.8 Å². The average molecular weight is 294 g/mol. The molecule has 0 spiro atoms. The number of hydrogen-bond acceptors (Lipinski definition) is 4. The summed E-state index contributed by atoms with van der Waals surface area (Å²) in [4.78, 5) is 27.5. The van der Waals surface area contributed by atoms with Crippen LogP contribution in [0.1, 0.15) is 26.7 Å². The highest BCUT2D eigenvalue weighted by Gasteiger charge is 2.22. The molecule has 0 bridgehead atoms. The van der Waals surface area contributed by atoms with E-state index in [0.717, 1.165) is 25.9 Å². The molecule has 6 heteroatoms. The van der Waals surface area contributed by atoms with Gasteiger partial charge in [0.05, 0.1) is 18.6 Å². The first-order valence-corrected chi connectivity index (χ1v) is 7.35. The van der Waals surface area contributed by atoms with E-state index in [0.29, 0.717) is 26.2 Å². The van der Waals surface area contributed by atoms with Crippen LogP contribution in [0.3, 0.4) is 0 Å². The molecular weight excluding hydrogens is 268 g/mol. The Morgan fingerprint density at radius 1 is 1.38 bits per heavy atom. The van der Waals surface area contributed by atoms with Crippen molar-refractivity contribution in [2.24, 2.45) is 5.73 Å². The van der Waals surface area contributed by atoms with Crippen molar-refractivity contribution < 1.29 is 9.59 Å². The van der Waals surface area contributed by atoms with Crippen molar-refractivity contribution in [2.45, 2.75) is 32.2 Å². The van der Waals surface area contributed by atoms with Crippen molar-refractivity contribution in [3.8, 4) is 12.3 Å². The third kappa shape index (κ3) is 6.15. The molecular formula is C15H26N4O2. The number of nitrogens with two attached hydrogens (primary N) is 1. The Morgan fingerprint density at radius 3 is 2.52 bits per heavy atom. The third-order valence-electron chi connectivity index (χ3n) is 3.43. The SMILES string of the molecule is C#CCN(CCNC(=O)C(C)(C)N)CC(=O)N1CCCC1. The molecule has 0 atom stereocenters. The standard InChI is InChI=1S/C15H26N4O2/c1-4-8-18(11-7-17-14(21)15(2,3)16)12-13(20)19-9-5-6-10-19/h1H,5-12,16H2,2-3H3,(H,17,21). The Hall–Kier alpha value is -1.58. The topological polar surface area (TPSA) is 78.7 Å². The molecule has 1 rings (SSSR count). The second kappa shape index (κ2) is 8.01. The Bertz CT molecular complexity index is 403. The van der Waals surface area contributed by atoms with Gasteiger partial charge >= 0.3 is 0 Å². The molecule has 0 aromatic carbocycles. The molecule has 1 saturated heterocycles. The molecule has 0 aromatic heterocycles. The molecule has 0 unspecified atom stereocenters. The van der Waals surface area contributed by atoms with Crippen LogP contribution < -0.4 is 11.1 Å². The molecule has 1 aliphatic heterocycles. The Labute approximate surface area is 127 Å². The van der Waals surface area contributed by atoms with Gasteiger partial charge in [0, 0.05) is 26.2 Å². The van der Waals surface area contributed by atoms with Crippen molar-refractivity contribution in [3.05, 3.63) is 0 Å². The zero-order chi connectivity index (χ0) is 15.9. The lowest BCUT2D eigenvalue weighted by molar-refractivity contribution is -0.131. The van der Waals surface area contributed by atoms with Gasteiger partial charge in [-0.1, -0.05) is 5.92 Å². The summed E-state index contributed by atoms with van der Waals surface area (Å²) < 4.78 is 0. The van der Waals surface area contributed by atoms with Gasteiger partial charge in [0.25, 0.3) is 0 Å². The van der Waals surface area contributed by atoms with Crippen LogP contribution in [0, 0.1) is 12.3 Å². The quantitative estimate of drug-likeness (QED) is 0.615. The second-order valence-electron chi connectivity index (χ2n) is 5.98. The molecule has 1 fully saturated rings. The van der Waals surface area contributed by atoms with E-state index in [1.807, 2.05) is 9.80 Å². The van der Waals surface area contributed by atoms with E-state index in [2.05, 4.69) is 11.2 Å². The van der Waals surface area contributed by atoms with Crippen LogP contribution >= 0.6 is 0 Å². The smallest absolute Gasteiger partial charge is 0.239 e. The summed E-state index contributed by atoms with van der Waals surface area (Å²) in [5.41, 5.74) is 4.80. The Balaban J connectivity index is 2.37. The van der Waals surface area contributed by atoms with Crippen molar-refractivity contribution >= 4 is 11.8 Å². The van der Waals surface area contributed by atoms with Crippen molar-refractivity contribution in [1.82, 2.24) is 15.1 Å². The predicted molar refractivity (Wildman–Crippen MR) is 82.4 cm³/mol. The summed E-state index contributed by atoms with van der Waals surface area (Å²) in [5, 5.41) is 2.76. The summed E-state index contributed by atoms with van der Waals surface area (Å²) in [6, 6.07) is 0. The molecule has 1 aliphatic rings. The minimum absolute atomic E-state index is 0.105. The lowest BCUT2D eigenvalue weighted by atomic mass is 10.1. The van der Waals surface area contributed by atoms with Gasteiger partial charge in [-0.05, 0) is 26.7 Å². The first-order valence-electron chi connectivity index (χ1n) is 7.35. The molecule has 118 valence electrons. The molecule has 0 saturated carbocycles. The van der Waals surface area contributed by atoms with Crippen LogP contribution in [0.15, 0.2) is 0 Å². The molecule has 6 nitrogen and oxygen atoms in total. The summed E-state index contributed by atoms with van der Waals surface area (Å²) in [6.45, 7) is 6.62. The summed E-state index contributed by atoms with van der Waals surface area (Å²) in [6.07, 6.45) is 7.48. The minimum Gasteiger partial charge on any atom is -0.353 e. The molecule has 0 radical (unpaired) electrons. The molecule has 0 aliphatic carbocycles. The lowest BCUT2D eigenvalue weighted by Gasteiger charge is -2.24. The maximum atomic E-state index is 12.1. The zero-order valence-electron chi connectivity index (χ0n) is 13.0. The normalized spacial score (nSPS) is 15.1. The van der Waals surface area contributed by atoms with Crippen LogP contribution in [-0.2, 0) is 9.59 Å². The molecule has 0 aromatic rings. The van der Waals surface area contributed by atoms with Crippen LogP contribution in [0.4, 0.5) is 0 Å². The van der Waals surface area contributed by atoms with Crippen molar-refractivity contribution in [2.75, 3.05) is 39.3 Å². The molecule has 1 heterocycles. The van der Waals surface area contributed by atoms with E-state index < -0.39 is 5.54 Å². The number of nitrogens with zero attached hydrogens (tertiary/aromatic N) is 2. The van der Waals surface area contributed by atoms with Gasteiger partial charge in [-0.2, -0.15) is 0 Å². The van der Waals surface area contributed by atoms with Gasteiger partial charge in [-0.25, -0.2) is 0 Å². The minimum atomic E-state index is -0.900. The highest BCUT2D eigenvalue weighted by Crippen LogP contribution is 2.07.